The molecule has 2 saturated heterocycles. The Morgan fingerprint density at radius 2 is 1.04 bits per heavy atom. The van der Waals surface area contributed by atoms with Crippen LogP contribution >= 0.6 is 11.8 Å². The van der Waals surface area contributed by atoms with Crippen LogP contribution in [0.2, 0.25) is 0 Å². The summed E-state index contributed by atoms with van der Waals surface area (Å²) in [4.78, 5) is 24.9. The van der Waals surface area contributed by atoms with Crippen LogP contribution in [0.15, 0.2) is 0 Å². The Morgan fingerprint density at radius 1 is 0.585 bits per heavy atom. The summed E-state index contributed by atoms with van der Waals surface area (Å²) in [6, 6.07) is 3.81. The predicted octanol–water partition coefficient (Wildman–Crippen LogP) is 6.95. The Bertz CT molecular complexity index is 1470. The van der Waals surface area contributed by atoms with Crippen LogP contribution in [0.1, 0.15) is 143 Å². The summed E-state index contributed by atoms with van der Waals surface area (Å²) in [6.45, 7) is 10.1. The highest BCUT2D eigenvalue weighted by atomic mass is 32.2. The molecular formula is C44H72N4O3S2. The van der Waals surface area contributed by atoms with E-state index in [0.29, 0.717) is 40.2 Å². The van der Waals surface area contributed by atoms with E-state index in [0.717, 1.165) is 67.0 Å². The summed E-state index contributed by atoms with van der Waals surface area (Å²) in [5, 5.41) is 14.6. The highest BCUT2D eigenvalue weighted by molar-refractivity contribution is 7.99. The highest BCUT2D eigenvalue weighted by Gasteiger charge is 2.63. The van der Waals surface area contributed by atoms with Gasteiger partial charge in [0.05, 0.1) is 5.25 Å². The lowest BCUT2D eigenvalue weighted by Crippen LogP contribution is -2.65. The number of amides is 2. The molecule has 53 heavy (non-hydrogen) atoms. The second-order valence-corrected chi connectivity index (χ2v) is 24.0. The number of hydrogen-bond acceptors (Lipinski definition) is 6. The average molecular weight is 769 g/mol. The number of fused-ring (bicyclic) bond motifs is 10. The van der Waals surface area contributed by atoms with Gasteiger partial charge in [0.2, 0.25) is 11.8 Å². The SMILES string of the molecule is CS(=O)[C@@H]1C[C@@]2(C)[C@@H](CC[C@@H]3[C@@H]2CC[C@]2(C)[C@@H](NC4CC4)CC[C@@H]32)NC1=O.CS[C@@H]1C[C@@]2(C)[C@@H](CC[C@@H]3[C@@H]2CC[C@]2(C)[C@@H](NC4CC4)CC[C@@H]32)NC1=O. The summed E-state index contributed by atoms with van der Waals surface area (Å²) >= 11 is 1.76. The Morgan fingerprint density at radius 3 is 1.49 bits per heavy atom. The van der Waals surface area contributed by atoms with Gasteiger partial charge in [0.15, 0.2) is 0 Å². The molecule has 17 atom stereocenters. The van der Waals surface area contributed by atoms with Crippen molar-refractivity contribution >= 4 is 34.4 Å². The maximum Gasteiger partial charge on any atom is 0.235 e. The molecule has 7 nitrogen and oxygen atoms in total. The molecule has 9 heteroatoms. The largest absolute Gasteiger partial charge is 0.352 e. The molecule has 0 aromatic rings. The minimum Gasteiger partial charge on any atom is -0.352 e. The van der Waals surface area contributed by atoms with Crippen molar-refractivity contribution in [3.05, 3.63) is 0 Å². The van der Waals surface area contributed by atoms with Crippen LogP contribution in [0, 0.1) is 57.2 Å². The summed E-state index contributed by atoms with van der Waals surface area (Å²) in [6.07, 6.45) is 27.1. The topological polar surface area (TPSA) is 99.3 Å². The summed E-state index contributed by atoms with van der Waals surface area (Å²) < 4.78 is 12.2. The van der Waals surface area contributed by atoms with Gasteiger partial charge in [-0.15, -0.1) is 0 Å². The van der Waals surface area contributed by atoms with Gasteiger partial charge in [-0.05, 0) is 179 Å². The highest BCUT2D eigenvalue weighted by Crippen LogP contribution is 2.66. The minimum atomic E-state index is -1.08. The van der Waals surface area contributed by atoms with Crippen molar-refractivity contribution in [2.75, 3.05) is 12.5 Å². The molecule has 0 radical (unpaired) electrons. The van der Waals surface area contributed by atoms with Gasteiger partial charge >= 0.3 is 0 Å². The first-order valence-electron chi connectivity index (χ1n) is 22.3. The van der Waals surface area contributed by atoms with Crippen molar-refractivity contribution in [2.24, 2.45) is 57.2 Å². The zero-order chi connectivity index (χ0) is 37.1. The van der Waals surface area contributed by atoms with Gasteiger partial charge in [-0.25, -0.2) is 0 Å². The van der Waals surface area contributed by atoms with Crippen LogP contribution in [0.4, 0.5) is 0 Å². The molecule has 0 bridgehead atoms. The van der Waals surface area contributed by atoms with Crippen LogP contribution in [0.3, 0.4) is 0 Å². The van der Waals surface area contributed by atoms with Gasteiger partial charge in [0.25, 0.3) is 0 Å². The van der Waals surface area contributed by atoms with Crippen molar-refractivity contribution < 1.29 is 13.8 Å². The Labute approximate surface area is 327 Å². The van der Waals surface area contributed by atoms with Crippen molar-refractivity contribution in [1.29, 1.82) is 0 Å². The summed E-state index contributed by atoms with van der Waals surface area (Å²) in [7, 11) is -1.08. The molecule has 0 aromatic heterocycles. The zero-order valence-electron chi connectivity index (χ0n) is 33.9. The van der Waals surface area contributed by atoms with Crippen LogP contribution in [-0.4, -0.2) is 75.3 Å². The van der Waals surface area contributed by atoms with E-state index in [1.54, 1.807) is 18.0 Å². The Balaban J connectivity index is 0.000000141. The second-order valence-electron chi connectivity index (χ2n) is 21.4. The Kier molecular flexibility index (Phi) is 9.83. The third-order valence-corrected chi connectivity index (χ3v) is 21.1. The van der Waals surface area contributed by atoms with Gasteiger partial charge in [-0.3, -0.25) is 13.8 Å². The van der Waals surface area contributed by atoms with E-state index in [9.17, 15) is 13.8 Å². The fourth-order valence-corrected chi connectivity index (χ4v) is 17.3. The van der Waals surface area contributed by atoms with E-state index in [1.165, 1.54) is 96.3 Å². The van der Waals surface area contributed by atoms with E-state index < -0.39 is 10.8 Å². The van der Waals surface area contributed by atoms with Crippen LogP contribution < -0.4 is 21.3 Å². The first kappa shape index (κ1) is 37.9. The van der Waals surface area contributed by atoms with Gasteiger partial charge in [0, 0.05) is 53.3 Å². The molecule has 298 valence electrons. The standard InChI is InChI=1S/C22H36N2O2S.C22H36N2OS/c1-21-11-10-16-14(15(21)7-9-18(21)23-13-4-5-13)6-8-19-22(16,2)12-17(27(3)26)20(25)24-19;1-21-11-10-16-14(15(21)7-9-18(21)23-13-4-5-13)6-8-19-22(16,2)12-17(26-3)20(25)24-19/h13-19,23H,4-12H2,1-3H3,(H,24,25);13-19,23H,4-12H2,1-3H3,(H,24,25)/t14-,15-,16-,17+,18-,19+,21-,22+,27?;14-,15-,16-,17+,18-,19+,21-,22+/m00/s1. The third-order valence-electron chi connectivity index (χ3n) is 18.9. The first-order valence-corrected chi connectivity index (χ1v) is 25.2. The number of rotatable bonds is 6. The molecular weight excluding hydrogens is 697 g/mol. The Hall–Kier alpha value is -0.640. The maximum atomic E-state index is 12.5. The molecule has 8 saturated carbocycles. The van der Waals surface area contributed by atoms with E-state index in [-0.39, 0.29) is 27.9 Å². The normalized spacial score (nSPS) is 53.2. The molecule has 1 unspecified atom stereocenters. The number of thioether (sulfide) groups is 1. The minimum absolute atomic E-state index is 0.0342. The molecule has 10 fully saturated rings. The van der Waals surface area contributed by atoms with E-state index in [4.69, 9.17) is 0 Å². The maximum absolute atomic E-state index is 12.5. The number of carbonyl (C=O) groups is 2. The molecule has 2 aliphatic heterocycles. The smallest absolute Gasteiger partial charge is 0.235 e. The summed E-state index contributed by atoms with van der Waals surface area (Å²) in [5.74, 6) is 5.24. The molecule has 4 N–H and O–H groups in total. The number of carbonyl (C=O) groups excluding carboxylic acids is 2. The molecule has 10 rings (SSSR count). The third kappa shape index (κ3) is 6.26. The summed E-state index contributed by atoms with van der Waals surface area (Å²) in [5.41, 5.74) is 1.41. The monoisotopic (exact) mass is 769 g/mol. The lowest BCUT2D eigenvalue weighted by molar-refractivity contribution is -0.135. The molecule has 2 amide bonds. The van der Waals surface area contributed by atoms with Crippen molar-refractivity contribution in [3.63, 3.8) is 0 Å². The van der Waals surface area contributed by atoms with Gasteiger partial charge < -0.3 is 21.3 Å². The lowest BCUT2D eigenvalue weighted by atomic mass is 9.47. The fourth-order valence-electron chi connectivity index (χ4n) is 15.6. The zero-order valence-corrected chi connectivity index (χ0v) is 35.5. The molecule has 10 aliphatic rings. The van der Waals surface area contributed by atoms with Gasteiger partial charge in [-0.2, -0.15) is 11.8 Å². The molecule has 0 aromatic carbocycles. The van der Waals surface area contributed by atoms with Crippen LogP contribution in [-0.2, 0) is 20.4 Å². The van der Waals surface area contributed by atoms with Gasteiger partial charge in [-0.1, -0.05) is 27.7 Å². The first-order chi connectivity index (χ1) is 25.3. The number of nitrogens with one attached hydrogen (secondary N) is 4. The van der Waals surface area contributed by atoms with Gasteiger partial charge in [0.1, 0.15) is 5.25 Å². The van der Waals surface area contributed by atoms with Crippen LogP contribution in [0.25, 0.3) is 0 Å². The van der Waals surface area contributed by atoms with E-state index in [2.05, 4.69) is 55.2 Å². The second kappa shape index (κ2) is 13.7. The van der Waals surface area contributed by atoms with Crippen molar-refractivity contribution in [1.82, 2.24) is 21.3 Å². The van der Waals surface area contributed by atoms with Crippen LogP contribution in [0.5, 0.6) is 0 Å². The molecule has 0 spiro atoms. The lowest BCUT2D eigenvalue weighted by Gasteiger charge is -2.61. The van der Waals surface area contributed by atoms with Crippen molar-refractivity contribution in [2.45, 2.75) is 190 Å². The fraction of sp³-hybridized carbons (Fsp3) is 0.955. The van der Waals surface area contributed by atoms with Crippen molar-refractivity contribution in [3.8, 4) is 0 Å². The average Bonchev–Trinajstić information content (AvgIpc) is 4.06. The quantitative estimate of drug-likeness (QED) is 0.234. The van der Waals surface area contributed by atoms with E-state index >= 15 is 0 Å². The molecule has 2 heterocycles. The van der Waals surface area contributed by atoms with E-state index in [1.807, 2.05) is 0 Å². The predicted molar refractivity (Wildman–Crippen MR) is 217 cm³/mol. The molecule has 8 aliphatic carbocycles. The number of hydrogen-bond donors (Lipinski definition) is 4. The number of piperidine rings is 2.